The average Bonchev–Trinajstić information content (AvgIpc) is 2.90. The van der Waals surface area contributed by atoms with Crippen LogP contribution < -0.4 is 5.73 Å². The van der Waals surface area contributed by atoms with Crippen molar-refractivity contribution in [1.82, 2.24) is 4.98 Å². The number of fused-ring (bicyclic) bond motifs is 1. The van der Waals surface area contributed by atoms with Gasteiger partial charge in [0.2, 0.25) is 0 Å². The molecule has 3 heteroatoms. The zero-order chi connectivity index (χ0) is 13.2. The molecular formula is C16H16N2O. The number of nitrogens with zero attached hydrogens (tertiary/aromatic N) is 1. The van der Waals surface area contributed by atoms with Gasteiger partial charge in [0.1, 0.15) is 0 Å². The van der Waals surface area contributed by atoms with Crippen LogP contribution in [0.3, 0.4) is 0 Å². The lowest BCUT2D eigenvalue weighted by atomic mass is 9.97. The summed E-state index contributed by atoms with van der Waals surface area (Å²) < 4.78 is 5.09. The second kappa shape index (κ2) is 4.86. The summed E-state index contributed by atoms with van der Waals surface area (Å²) >= 11 is 0. The fraction of sp³-hybridized carbons (Fsp3) is 0.188. The van der Waals surface area contributed by atoms with Crippen LogP contribution in [0.5, 0.6) is 0 Å². The van der Waals surface area contributed by atoms with Gasteiger partial charge in [-0.05, 0) is 42.7 Å². The molecule has 0 fully saturated rings. The van der Waals surface area contributed by atoms with Gasteiger partial charge < -0.3 is 10.2 Å². The number of para-hydroxylation sites is 1. The lowest BCUT2D eigenvalue weighted by molar-refractivity contribution is 0.561. The molecule has 0 saturated heterocycles. The molecule has 2 N–H and O–H groups in total. The van der Waals surface area contributed by atoms with E-state index in [1.807, 2.05) is 31.2 Å². The predicted molar refractivity (Wildman–Crippen MR) is 75.8 cm³/mol. The highest BCUT2D eigenvalue weighted by molar-refractivity contribution is 5.82. The number of pyridine rings is 1. The van der Waals surface area contributed by atoms with Crippen molar-refractivity contribution in [3.05, 3.63) is 65.7 Å². The number of hydrogen-bond acceptors (Lipinski definition) is 3. The smallest absolute Gasteiger partial charge is 0.0935 e. The molecule has 96 valence electrons. The fourth-order valence-electron chi connectivity index (χ4n) is 2.42. The number of nitrogens with two attached hydrogens (primary N) is 1. The van der Waals surface area contributed by atoms with Crippen LogP contribution >= 0.6 is 0 Å². The molecule has 2 aromatic heterocycles. The molecule has 3 rings (SSSR count). The molecule has 1 unspecified atom stereocenters. The Morgan fingerprint density at radius 1 is 1.26 bits per heavy atom. The molecule has 2 heterocycles. The Balaban J connectivity index is 2.03. The van der Waals surface area contributed by atoms with Gasteiger partial charge in [0.25, 0.3) is 0 Å². The first kappa shape index (κ1) is 11.9. The number of hydrogen-bond donors (Lipinski definition) is 1. The maximum Gasteiger partial charge on any atom is 0.0935 e. The minimum atomic E-state index is -0.0517. The van der Waals surface area contributed by atoms with Crippen molar-refractivity contribution in [3.63, 3.8) is 0 Å². The van der Waals surface area contributed by atoms with Gasteiger partial charge in [-0.3, -0.25) is 4.98 Å². The van der Waals surface area contributed by atoms with Crippen LogP contribution in [0.25, 0.3) is 10.9 Å². The summed E-state index contributed by atoms with van der Waals surface area (Å²) in [4.78, 5) is 4.54. The minimum absolute atomic E-state index is 0.0517. The molecule has 3 aromatic rings. The van der Waals surface area contributed by atoms with Crippen LogP contribution in [0.4, 0.5) is 0 Å². The molecule has 0 aliphatic heterocycles. The van der Waals surface area contributed by atoms with Crippen LogP contribution in [-0.2, 0) is 6.42 Å². The number of aromatic nitrogens is 1. The average molecular weight is 252 g/mol. The van der Waals surface area contributed by atoms with E-state index in [1.54, 1.807) is 12.5 Å². The number of furan rings is 1. The second-order valence-electron chi connectivity index (χ2n) is 4.81. The monoisotopic (exact) mass is 252 g/mol. The summed E-state index contributed by atoms with van der Waals surface area (Å²) in [5.74, 6) is 0. The molecule has 0 amide bonds. The van der Waals surface area contributed by atoms with Crippen LogP contribution in [0.1, 0.15) is 22.9 Å². The van der Waals surface area contributed by atoms with Crippen LogP contribution in [0, 0.1) is 6.92 Å². The standard InChI is InChI=1S/C16H16N2O/c1-11-8-14(13-4-2-3-5-16(13)18-11)15(17)9-12-6-7-19-10-12/h2-8,10,15H,9,17H2,1H3. The molecule has 0 saturated carbocycles. The van der Waals surface area contributed by atoms with Gasteiger partial charge in [-0.2, -0.15) is 0 Å². The number of rotatable bonds is 3. The third-order valence-corrected chi connectivity index (χ3v) is 3.31. The van der Waals surface area contributed by atoms with Gasteiger partial charge in [-0.1, -0.05) is 18.2 Å². The Labute approximate surface area is 112 Å². The highest BCUT2D eigenvalue weighted by Crippen LogP contribution is 2.25. The van der Waals surface area contributed by atoms with E-state index in [0.717, 1.165) is 34.1 Å². The lowest BCUT2D eigenvalue weighted by Gasteiger charge is -2.14. The first-order valence-electron chi connectivity index (χ1n) is 6.37. The second-order valence-corrected chi connectivity index (χ2v) is 4.81. The van der Waals surface area contributed by atoms with Gasteiger partial charge in [0.05, 0.1) is 18.0 Å². The van der Waals surface area contributed by atoms with E-state index in [2.05, 4.69) is 17.1 Å². The maximum absolute atomic E-state index is 6.35. The molecule has 0 aliphatic carbocycles. The van der Waals surface area contributed by atoms with Gasteiger partial charge in [-0.25, -0.2) is 0 Å². The largest absolute Gasteiger partial charge is 0.472 e. The fourth-order valence-corrected chi connectivity index (χ4v) is 2.42. The Kier molecular flexibility index (Phi) is 3.05. The van der Waals surface area contributed by atoms with Gasteiger partial charge in [-0.15, -0.1) is 0 Å². The summed E-state index contributed by atoms with van der Waals surface area (Å²) in [6, 6.07) is 12.1. The Bertz CT molecular complexity index is 689. The predicted octanol–water partition coefficient (Wildman–Crippen LogP) is 3.38. The molecule has 1 atom stereocenters. The summed E-state index contributed by atoms with van der Waals surface area (Å²) in [6.07, 6.45) is 4.19. The van der Waals surface area contributed by atoms with E-state index < -0.39 is 0 Å². The molecule has 1 aromatic carbocycles. The van der Waals surface area contributed by atoms with Crippen molar-refractivity contribution in [3.8, 4) is 0 Å². The highest BCUT2D eigenvalue weighted by Gasteiger charge is 2.12. The number of benzene rings is 1. The van der Waals surface area contributed by atoms with Crippen molar-refractivity contribution in [2.45, 2.75) is 19.4 Å². The molecular weight excluding hydrogens is 236 g/mol. The molecule has 0 radical (unpaired) electrons. The van der Waals surface area contributed by atoms with Crippen molar-refractivity contribution >= 4 is 10.9 Å². The van der Waals surface area contributed by atoms with E-state index in [4.69, 9.17) is 10.2 Å². The van der Waals surface area contributed by atoms with Crippen molar-refractivity contribution < 1.29 is 4.42 Å². The van der Waals surface area contributed by atoms with Crippen LogP contribution in [0.15, 0.2) is 53.3 Å². The molecule has 0 aliphatic rings. The van der Waals surface area contributed by atoms with E-state index in [1.165, 1.54) is 0 Å². The Morgan fingerprint density at radius 2 is 2.11 bits per heavy atom. The zero-order valence-corrected chi connectivity index (χ0v) is 10.8. The quantitative estimate of drug-likeness (QED) is 0.777. The van der Waals surface area contributed by atoms with Crippen molar-refractivity contribution in [2.24, 2.45) is 5.73 Å². The van der Waals surface area contributed by atoms with Gasteiger partial charge in [0.15, 0.2) is 0 Å². The summed E-state index contributed by atoms with van der Waals surface area (Å²) in [5.41, 5.74) is 10.6. The van der Waals surface area contributed by atoms with E-state index >= 15 is 0 Å². The van der Waals surface area contributed by atoms with Crippen LogP contribution in [0.2, 0.25) is 0 Å². The van der Waals surface area contributed by atoms with Crippen molar-refractivity contribution in [2.75, 3.05) is 0 Å². The summed E-state index contributed by atoms with van der Waals surface area (Å²) in [6.45, 7) is 2.00. The first-order chi connectivity index (χ1) is 9.24. The minimum Gasteiger partial charge on any atom is -0.472 e. The van der Waals surface area contributed by atoms with Gasteiger partial charge >= 0.3 is 0 Å². The SMILES string of the molecule is Cc1cc(C(N)Cc2ccoc2)c2ccccc2n1. The highest BCUT2D eigenvalue weighted by atomic mass is 16.3. The topological polar surface area (TPSA) is 52.0 Å². The molecule has 3 nitrogen and oxygen atoms in total. The summed E-state index contributed by atoms with van der Waals surface area (Å²) in [5, 5.41) is 1.13. The van der Waals surface area contributed by atoms with E-state index in [0.29, 0.717) is 0 Å². The van der Waals surface area contributed by atoms with Gasteiger partial charge in [0, 0.05) is 17.1 Å². The van der Waals surface area contributed by atoms with E-state index in [-0.39, 0.29) is 6.04 Å². The van der Waals surface area contributed by atoms with Crippen molar-refractivity contribution in [1.29, 1.82) is 0 Å². The normalized spacial score (nSPS) is 12.7. The first-order valence-corrected chi connectivity index (χ1v) is 6.37. The van der Waals surface area contributed by atoms with Crippen LogP contribution in [-0.4, -0.2) is 4.98 Å². The van der Waals surface area contributed by atoms with E-state index in [9.17, 15) is 0 Å². The Hall–Kier alpha value is -2.13. The lowest BCUT2D eigenvalue weighted by Crippen LogP contribution is -2.14. The zero-order valence-electron chi connectivity index (χ0n) is 10.8. The Morgan fingerprint density at radius 3 is 2.89 bits per heavy atom. The summed E-state index contributed by atoms with van der Waals surface area (Å²) in [7, 11) is 0. The molecule has 19 heavy (non-hydrogen) atoms. The third kappa shape index (κ3) is 2.37. The molecule has 0 spiro atoms. The maximum atomic E-state index is 6.35. The third-order valence-electron chi connectivity index (χ3n) is 3.31. The number of aryl methyl sites for hydroxylation is 1. The molecule has 0 bridgehead atoms.